The monoisotopic (exact) mass is 656 g/mol. The van der Waals surface area contributed by atoms with Crippen molar-refractivity contribution in [2.75, 3.05) is 0 Å². The van der Waals surface area contributed by atoms with Crippen LogP contribution in [0.5, 0.6) is 0 Å². The van der Waals surface area contributed by atoms with Gasteiger partial charge in [-0.15, -0.1) is 0 Å². The Morgan fingerprint density at radius 3 is 1.06 bits per heavy atom. The molecule has 0 fully saturated rings. The lowest BCUT2D eigenvalue weighted by Crippen LogP contribution is -2.01. The molecule has 0 aliphatic heterocycles. The van der Waals surface area contributed by atoms with Crippen LogP contribution in [-0.4, -0.2) is 9.13 Å². The Kier molecular flexibility index (Phi) is 5.20. The van der Waals surface area contributed by atoms with Gasteiger partial charge in [-0.25, -0.2) is 0 Å². The standard InChI is InChI=1S/C42H22Cl2N2O2/c43-23-17-19-29-35(21-23)48-42-37(29)39(45-31-13-5-1-9-25(31)26-10-2-6-14-32(26)45)41-38(30-20-18-24(44)22-36(30)47-41)40(42)46-33-15-7-3-11-27(33)28-12-4-8-16-34(28)46/h1-22H. The zero-order valence-electron chi connectivity index (χ0n) is 25.2. The number of halogens is 2. The highest BCUT2D eigenvalue weighted by Crippen LogP contribution is 2.50. The van der Waals surface area contributed by atoms with E-state index in [-0.39, 0.29) is 0 Å². The predicted molar refractivity (Wildman–Crippen MR) is 200 cm³/mol. The summed E-state index contributed by atoms with van der Waals surface area (Å²) in [5, 5.41) is 9.68. The molecule has 0 bridgehead atoms. The first-order valence-electron chi connectivity index (χ1n) is 15.8. The molecule has 0 aliphatic rings. The van der Waals surface area contributed by atoms with Crippen LogP contribution in [0.1, 0.15) is 0 Å². The van der Waals surface area contributed by atoms with Crippen molar-refractivity contribution < 1.29 is 8.83 Å². The second-order valence-corrected chi connectivity index (χ2v) is 13.2. The van der Waals surface area contributed by atoms with E-state index in [2.05, 4.69) is 118 Å². The Morgan fingerprint density at radius 1 is 0.375 bits per heavy atom. The second kappa shape index (κ2) is 9.45. The Bertz CT molecular complexity index is 2840. The van der Waals surface area contributed by atoms with E-state index in [1.165, 1.54) is 0 Å². The summed E-state index contributed by atoms with van der Waals surface area (Å²) < 4.78 is 18.7. The number of hydrogen-bond donors (Lipinski definition) is 0. The van der Waals surface area contributed by atoms with E-state index in [9.17, 15) is 0 Å². The lowest BCUT2D eigenvalue weighted by atomic mass is 10.0. The average Bonchev–Trinajstić information content (AvgIpc) is 3.85. The third kappa shape index (κ3) is 3.35. The first-order valence-corrected chi connectivity index (χ1v) is 16.6. The third-order valence-electron chi connectivity index (χ3n) is 9.82. The number of benzene rings is 7. The number of nitrogens with zero attached hydrogens (tertiary/aromatic N) is 2. The fourth-order valence-electron chi connectivity index (χ4n) is 7.93. The maximum atomic E-state index is 7.01. The molecule has 7 aromatic carbocycles. The number of para-hydroxylation sites is 4. The van der Waals surface area contributed by atoms with Crippen LogP contribution in [0.25, 0.3) is 98.9 Å². The molecule has 0 aliphatic carbocycles. The van der Waals surface area contributed by atoms with Crippen molar-refractivity contribution in [1.29, 1.82) is 0 Å². The maximum absolute atomic E-state index is 7.01. The number of rotatable bonds is 2. The molecule has 0 atom stereocenters. The lowest BCUT2D eigenvalue weighted by molar-refractivity contribution is 0.660. The molecule has 4 aromatic heterocycles. The van der Waals surface area contributed by atoms with E-state index in [1.54, 1.807) is 0 Å². The van der Waals surface area contributed by atoms with Crippen LogP contribution in [0.3, 0.4) is 0 Å². The SMILES string of the molecule is Clc1ccc2c(c1)oc1c(-n3c4ccccc4c4ccccc43)c3c(oc4cc(Cl)ccc43)c(-n3c4ccccc4c4ccccc43)c12. The summed E-state index contributed by atoms with van der Waals surface area (Å²) in [6.07, 6.45) is 0. The van der Waals surface area contributed by atoms with Gasteiger partial charge < -0.3 is 18.0 Å². The smallest absolute Gasteiger partial charge is 0.162 e. The molecule has 11 rings (SSSR count). The highest BCUT2D eigenvalue weighted by Gasteiger charge is 2.30. The van der Waals surface area contributed by atoms with Gasteiger partial charge in [0, 0.05) is 54.5 Å². The Hall–Kier alpha value is -5.68. The van der Waals surface area contributed by atoms with Crippen LogP contribution in [0.4, 0.5) is 0 Å². The third-order valence-corrected chi connectivity index (χ3v) is 10.3. The molecule has 0 N–H and O–H groups in total. The summed E-state index contributed by atoms with van der Waals surface area (Å²) in [7, 11) is 0. The Balaban J connectivity index is 1.48. The summed E-state index contributed by atoms with van der Waals surface area (Å²) in [4.78, 5) is 0. The minimum Gasteiger partial charge on any atom is -0.454 e. The van der Waals surface area contributed by atoms with Gasteiger partial charge in [-0.1, -0.05) is 96.0 Å². The summed E-state index contributed by atoms with van der Waals surface area (Å²) in [6.45, 7) is 0. The van der Waals surface area contributed by atoms with Gasteiger partial charge in [0.05, 0.1) is 32.8 Å². The summed E-state index contributed by atoms with van der Waals surface area (Å²) in [5.74, 6) is 0. The zero-order chi connectivity index (χ0) is 31.7. The molecule has 0 unspecified atom stereocenters. The summed E-state index contributed by atoms with van der Waals surface area (Å²) in [5.41, 5.74) is 9.05. The molecule has 11 aromatic rings. The van der Waals surface area contributed by atoms with E-state index in [4.69, 9.17) is 32.0 Å². The van der Waals surface area contributed by atoms with Gasteiger partial charge in [0.2, 0.25) is 0 Å². The zero-order valence-corrected chi connectivity index (χ0v) is 26.7. The first kappa shape index (κ1) is 26.4. The van der Waals surface area contributed by atoms with Crippen LogP contribution in [0.2, 0.25) is 10.0 Å². The van der Waals surface area contributed by atoms with Crippen molar-refractivity contribution in [2.45, 2.75) is 0 Å². The van der Waals surface area contributed by atoms with Gasteiger partial charge in [0.15, 0.2) is 11.2 Å². The molecule has 4 nitrogen and oxygen atoms in total. The van der Waals surface area contributed by atoms with E-state index < -0.39 is 0 Å². The number of furan rings is 2. The van der Waals surface area contributed by atoms with Crippen molar-refractivity contribution in [3.63, 3.8) is 0 Å². The number of aromatic nitrogens is 2. The molecule has 4 heterocycles. The van der Waals surface area contributed by atoms with Crippen molar-refractivity contribution in [1.82, 2.24) is 9.13 Å². The molecular formula is C42H22Cl2N2O2. The Morgan fingerprint density at radius 2 is 0.708 bits per heavy atom. The van der Waals surface area contributed by atoms with E-state index in [1.807, 2.05) is 24.3 Å². The van der Waals surface area contributed by atoms with E-state index in [0.717, 1.165) is 87.7 Å². The average molecular weight is 658 g/mol. The lowest BCUT2D eigenvalue weighted by Gasteiger charge is -2.16. The Labute approximate surface area is 282 Å². The molecule has 6 heteroatoms. The largest absolute Gasteiger partial charge is 0.454 e. The molecule has 0 saturated heterocycles. The number of fused-ring (bicyclic) bond motifs is 12. The summed E-state index contributed by atoms with van der Waals surface area (Å²) in [6, 6.07) is 45.9. The fourth-order valence-corrected chi connectivity index (χ4v) is 8.25. The van der Waals surface area contributed by atoms with Crippen molar-refractivity contribution >= 4 is 111 Å². The van der Waals surface area contributed by atoms with Crippen molar-refractivity contribution in [2.24, 2.45) is 0 Å². The quantitative estimate of drug-likeness (QED) is 0.185. The van der Waals surface area contributed by atoms with Gasteiger partial charge >= 0.3 is 0 Å². The van der Waals surface area contributed by atoms with Crippen LogP contribution in [-0.2, 0) is 0 Å². The fraction of sp³-hybridized carbons (Fsp3) is 0. The molecule has 48 heavy (non-hydrogen) atoms. The van der Waals surface area contributed by atoms with Gasteiger partial charge in [0.25, 0.3) is 0 Å². The molecular weight excluding hydrogens is 635 g/mol. The van der Waals surface area contributed by atoms with Gasteiger partial charge in [0.1, 0.15) is 22.5 Å². The first-order chi connectivity index (χ1) is 23.7. The molecule has 226 valence electrons. The number of hydrogen-bond acceptors (Lipinski definition) is 2. The van der Waals surface area contributed by atoms with Gasteiger partial charge in [-0.3, -0.25) is 0 Å². The molecule has 0 saturated carbocycles. The highest BCUT2D eigenvalue weighted by molar-refractivity contribution is 6.33. The summed E-state index contributed by atoms with van der Waals surface area (Å²) >= 11 is 13.2. The molecule has 0 amide bonds. The van der Waals surface area contributed by atoms with Crippen LogP contribution in [0, 0.1) is 0 Å². The van der Waals surface area contributed by atoms with E-state index in [0.29, 0.717) is 21.2 Å². The van der Waals surface area contributed by atoms with Crippen LogP contribution >= 0.6 is 23.2 Å². The van der Waals surface area contributed by atoms with Crippen molar-refractivity contribution in [3.05, 3.63) is 144 Å². The van der Waals surface area contributed by atoms with Crippen LogP contribution < -0.4 is 0 Å². The van der Waals surface area contributed by atoms with E-state index >= 15 is 0 Å². The predicted octanol–water partition coefficient (Wildman–Crippen LogP) is 13.0. The van der Waals surface area contributed by atoms with Crippen molar-refractivity contribution in [3.8, 4) is 11.4 Å². The van der Waals surface area contributed by atoms with Crippen LogP contribution in [0.15, 0.2) is 142 Å². The van der Waals surface area contributed by atoms with Gasteiger partial charge in [-0.05, 0) is 48.5 Å². The van der Waals surface area contributed by atoms with Gasteiger partial charge in [-0.2, -0.15) is 0 Å². The normalized spacial score (nSPS) is 12.4. The highest BCUT2D eigenvalue weighted by atomic mass is 35.5. The minimum atomic E-state index is 0.613. The molecule has 0 spiro atoms. The second-order valence-electron chi connectivity index (χ2n) is 12.3. The molecule has 0 radical (unpaired) electrons. The maximum Gasteiger partial charge on any atom is 0.162 e. The topological polar surface area (TPSA) is 36.1 Å². The minimum absolute atomic E-state index is 0.613.